The molecule has 132 valence electrons. The van der Waals surface area contributed by atoms with E-state index in [1.807, 2.05) is 24.3 Å². The molecule has 0 spiro atoms. The number of amides is 1. The van der Waals surface area contributed by atoms with E-state index in [1.54, 1.807) is 25.0 Å². The molecular formula is C17H21N5O3. The van der Waals surface area contributed by atoms with Crippen LogP contribution in [0.3, 0.4) is 0 Å². The molecule has 1 aromatic heterocycles. The fraction of sp³-hybridized carbons (Fsp3) is 0.412. The number of carbonyl (C=O) groups is 1. The summed E-state index contributed by atoms with van der Waals surface area (Å²) in [7, 11) is 1.59. The molecular weight excluding hydrogens is 322 g/mol. The van der Waals surface area contributed by atoms with Crippen LogP contribution in [0.2, 0.25) is 0 Å². The van der Waals surface area contributed by atoms with E-state index in [9.17, 15) is 9.90 Å². The number of methoxy groups -OCH3 is 1. The summed E-state index contributed by atoms with van der Waals surface area (Å²) in [5.74, 6) is 0.999. The van der Waals surface area contributed by atoms with Gasteiger partial charge in [-0.2, -0.15) is 4.68 Å². The zero-order valence-corrected chi connectivity index (χ0v) is 14.3. The highest BCUT2D eigenvalue weighted by atomic mass is 16.5. The van der Waals surface area contributed by atoms with E-state index in [-0.39, 0.29) is 5.91 Å². The van der Waals surface area contributed by atoms with Gasteiger partial charge in [0.15, 0.2) is 5.82 Å². The van der Waals surface area contributed by atoms with Crippen molar-refractivity contribution in [2.24, 2.45) is 0 Å². The van der Waals surface area contributed by atoms with E-state index >= 15 is 0 Å². The van der Waals surface area contributed by atoms with Gasteiger partial charge in [0.05, 0.1) is 13.2 Å². The number of piperidine rings is 1. The first-order valence-electron chi connectivity index (χ1n) is 8.17. The molecule has 0 radical (unpaired) electrons. The van der Waals surface area contributed by atoms with E-state index < -0.39 is 6.10 Å². The largest absolute Gasteiger partial charge is 0.497 e. The molecule has 1 N–H and O–H groups in total. The standard InChI is InChI=1S/C17H21N5O3/c1-12-18-19-20-22(12)16(10-13-5-3-7-15(9-13)25-2)17(24)21-8-4-6-14(23)11-21/h3,5,7,9-10,14,23H,4,6,8,11H2,1-2H3/b16-10-. The highest BCUT2D eigenvalue weighted by molar-refractivity contribution is 6.18. The zero-order chi connectivity index (χ0) is 17.8. The summed E-state index contributed by atoms with van der Waals surface area (Å²) in [6.45, 7) is 2.65. The maximum Gasteiger partial charge on any atom is 0.272 e. The summed E-state index contributed by atoms with van der Waals surface area (Å²) in [5, 5.41) is 21.3. The topological polar surface area (TPSA) is 93.4 Å². The highest BCUT2D eigenvalue weighted by Crippen LogP contribution is 2.20. The molecule has 1 saturated heterocycles. The van der Waals surface area contributed by atoms with Crippen LogP contribution < -0.4 is 4.74 Å². The number of aromatic nitrogens is 4. The SMILES string of the molecule is COc1cccc(/C=C(/C(=O)N2CCCC(O)C2)n2nnnc2C)c1. The molecule has 1 aliphatic heterocycles. The van der Waals surface area contributed by atoms with Gasteiger partial charge in [-0.05, 0) is 54.0 Å². The number of benzene rings is 1. The first kappa shape index (κ1) is 17.1. The van der Waals surface area contributed by atoms with E-state index in [4.69, 9.17) is 4.74 Å². The van der Waals surface area contributed by atoms with Crippen LogP contribution in [0.1, 0.15) is 24.2 Å². The van der Waals surface area contributed by atoms with Gasteiger partial charge in [-0.25, -0.2) is 0 Å². The summed E-state index contributed by atoms with van der Waals surface area (Å²) in [4.78, 5) is 14.7. The smallest absolute Gasteiger partial charge is 0.272 e. The van der Waals surface area contributed by atoms with Crippen LogP contribution in [0.15, 0.2) is 24.3 Å². The number of nitrogens with zero attached hydrogens (tertiary/aromatic N) is 5. The van der Waals surface area contributed by atoms with Crippen LogP contribution in [0, 0.1) is 6.92 Å². The molecule has 0 bridgehead atoms. The highest BCUT2D eigenvalue weighted by Gasteiger charge is 2.26. The lowest BCUT2D eigenvalue weighted by atomic mass is 10.1. The zero-order valence-electron chi connectivity index (χ0n) is 14.3. The molecule has 8 nitrogen and oxygen atoms in total. The van der Waals surface area contributed by atoms with E-state index in [2.05, 4.69) is 15.5 Å². The Balaban J connectivity index is 1.99. The molecule has 25 heavy (non-hydrogen) atoms. The Hall–Kier alpha value is -2.74. The monoisotopic (exact) mass is 343 g/mol. The van der Waals surface area contributed by atoms with Crippen molar-refractivity contribution < 1.29 is 14.6 Å². The number of aliphatic hydroxyl groups excluding tert-OH is 1. The molecule has 1 unspecified atom stereocenters. The van der Waals surface area contributed by atoms with Crippen molar-refractivity contribution in [2.75, 3.05) is 20.2 Å². The number of aliphatic hydroxyl groups is 1. The number of tetrazole rings is 1. The van der Waals surface area contributed by atoms with Gasteiger partial charge >= 0.3 is 0 Å². The quantitative estimate of drug-likeness (QED) is 0.832. The average Bonchev–Trinajstić information content (AvgIpc) is 3.05. The molecule has 8 heteroatoms. The van der Waals surface area contributed by atoms with Crippen molar-refractivity contribution in [2.45, 2.75) is 25.9 Å². The minimum atomic E-state index is -0.495. The predicted octanol–water partition coefficient (Wildman–Crippen LogP) is 0.972. The lowest BCUT2D eigenvalue weighted by Gasteiger charge is -2.30. The Morgan fingerprint density at radius 1 is 1.44 bits per heavy atom. The molecule has 1 aliphatic rings. The molecule has 1 aromatic carbocycles. The Kier molecular flexibility index (Phi) is 5.08. The van der Waals surface area contributed by atoms with Crippen LogP contribution >= 0.6 is 0 Å². The molecule has 3 rings (SSSR count). The molecule has 1 amide bonds. The van der Waals surface area contributed by atoms with Gasteiger partial charge in [0.1, 0.15) is 11.4 Å². The molecule has 1 fully saturated rings. The Morgan fingerprint density at radius 2 is 2.28 bits per heavy atom. The van der Waals surface area contributed by atoms with Gasteiger partial charge in [0.25, 0.3) is 5.91 Å². The summed E-state index contributed by atoms with van der Waals surface area (Å²) in [5.41, 5.74) is 1.14. The van der Waals surface area contributed by atoms with Gasteiger partial charge in [0.2, 0.25) is 0 Å². The summed E-state index contributed by atoms with van der Waals surface area (Å²) in [6, 6.07) is 7.39. The number of β-amino-alcohol motifs (C(OH)–C–C–N with tert-alkyl or cyclic N) is 1. The van der Waals surface area contributed by atoms with Crippen LogP contribution in [-0.4, -0.2) is 62.4 Å². The number of likely N-dealkylation sites (tertiary alicyclic amines) is 1. The van der Waals surface area contributed by atoms with Crippen LogP contribution in [0.4, 0.5) is 0 Å². The third-order valence-corrected chi connectivity index (χ3v) is 4.15. The second kappa shape index (κ2) is 7.43. The number of hydrogen-bond acceptors (Lipinski definition) is 6. The number of rotatable bonds is 4. The molecule has 1 atom stereocenters. The van der Waals surface area contributed by atoms with E-state index in [0.717, 1.165) is 12.0 Å². The van der Waals surface area contributed by atoms with Crippen LogP contribution in [0.5, 0.6) is 5.75 Å². The number of aryl methyl sites for hydroxylation is 1. The number of ether oxygens (including phenoxy) is 1. The fourth-order valence-electron chi connectivity index (χ4n) is 2.86. The number of hydrogen-bond donors (Lipinski definition) is 1. The molecule has 0 aliphatic carbocycles. The van der Waals surface area contributed by atoms with E-state index in [1.165, 1.54) is 4.68 Å². The predicted molar refractivity (Wildman–Crippen MR) is 91.5 cm³/mol. The van der Waals surface area contributed by atoms with Crippen LogP contribution in [-0.2, 0) is 4.79 Å². The lowest BCUT2D eigenvalue weighted by molar-refractivity contribution is -0.128. The third kappa shape index (κ3) is 3.85. The van der Waals surface area contributed by atoms with Gasteiger partial charge in [-0.3, -0.25) is 4.79 Å². The average molecular weight is 343 g/mol. The van der Waals surface area contributed by atoms with Crippen molar-refractivity contribution >= 4 is 17.7 Å². The second-order valence-electron chi connectivity index (χ2n) is 5.99. The maximum atomic E-state index is 13.1. The Labute approximate surface area is 145 Å². The Morgan fingerprint density at radius 3 is 2.96 bits per heavy atom. The third-order valence-electron chi connectivity index (χ3n) is 4.15. The van der Waals surface area contributed by atoms with Crippen molar-refractivity contribution in [3.05, 3.63) is 35.7 Å². The van der Waals surface area contributed by atoms with E-state index in [0.29, 0.717) is 36.8 Å². The second-order valence-corrected chi connectivity index (χ2v) is 5.99. The summed E-state index contributed by atoms with van der Waals surface area (Å²) < 4.78 is 6.66. The van der Waals surface area contributed by atoms with Crippen molar-refractivity contribution in [1.82, 2.24) is 25.1 Å². The minimum Gasteiger partial charge on any atom is -0.497 e. The molecule has 0 saturated carbocycles. The maximum absolute atomic E-state index is 13.1. The summed E-state index contributed by atoms with van der Waals surface area (Å²) in [6.07, 6.45) is 2.72. The summed E-state index contributed by atoms with van der Waals surface area (Å²) >= 11 is 0. The Bertz CT molecular complexity index is 786. The van der Waals surface area contributed by atoms with Crippen molar-refractivity contribution in [3.63, 3.8) is 0 Å². The normalized spacial score (nSPS) is 18.3. The van der Waals surface area contributed by atoms with Gasteiger partial charge in [-0.15, -0.1) is 5.10 Å². The fourth-order valence-corrected chi connectivity index (χ4v) is 2.86. The number of carbonyl (C=O) groups excluding carboxylic acids is 1. The van der Waals surface area contributed by atoms with Crippen LogP contribution in [0.25, 0.3) is 11.8 Å². The lowest BCUT2D eigenvalue weighted by Crippen LogP contribution is -2.43. The van der Waals surface area contributed by atoms with Gasteiger partial charge in [0, 0.05) is 13.1 Å². The molecule has 2 heterocycles. The first-order valence-corrected chi connectivity index (χ1v) is 8.17. The van der Waals surface area contributed by atoms with Gasteiger partial charge < -0.3 is 14.7 Å². The first-order chi connectivity index (χ1) is 12.1. The minimum absolute atomic E-state index is 0.211. The van der Waals surface area contributed by atoms with Gasteiger partial charge in [-0.1, -0.05) is 12.1 Å². The molecule has 2 aromatic rings. The van der Waals surface area contributed by atoms with Crippen molar-refractivity contribution in [3.8, 4) is 5.75 Å². The van der Waals surface area contributed by atoms with Crippen molar-refractivity contribution in [1.29, 1.82) is 0 Å².